The molecule has 17 heavy (non-hydrogen) atoms. The zero-order valence-corrected chi connectivity index (χ0v) is 10.1. The van der Waals surface area contributed by atoms with Crippen molar-refractivity contribution in [3.63, 3.8) is 0 Å². The maximum absolute atomic E-state index is 12.0. The molecule has 0 bridgehead atoms. The molecule has 1 aliphatic rings. The molecule has 2 aromatic rings. The molecule has 0 saturated carbocycles. The highest BCUT2D eigenvalue weighted by molar-refractivity contribution is 6.56. The van der Waals surface area contributed by atoms with Crippen LogP contribution in [0.1, 0.15) is 22.5 Å². The minimum absolute atomic E-state index is 0.114. The molecule has 4 heteroatoms. The standard InChI is InChI=1S/C13H10N2OSi/c14-17-13-8-4-1-2-5-9(8)15-10-6-3-7-11(16)12(10)13/h1-6H,7,14H2. The van der Waals surface area contributed by atoms with Crippen LogP contribution in [-0.2, 0) is 0 Å². The zero-order chi connectivity index (χ0) is 11.8. The number of Topliss-reactive ketones (excluding diaryl/α,β-unsaturated/α-hetero) is 1. The Morgan fingerprint density at radius 2 is 2.12 bits per heavy atom. The molecule has 0 amide bonds. The first-order valence-electron chi connectivity index (χ1n) is 5.40. The maximum atomic E-state index is 12.0. The highest BCUT2D eigenvalue weighted by Crippen LogP contribution is 2.20. The van der Waals surface area contributed by atoms with E-state index in [1.807, 2.05) is 36.4 Å². The predicted molar refractivity (Wildman–Crippen MR) is 69.3 cm³/mol. The molecule has 2 radical (unpaired) electrons. The van der Waals surface area contributed by atoms with Crippen molar-refractivity contribution in [2.45, 2.75) is 6.42 Å². The van der Waals surface area contributed by atoms with Crippen LogP contribution in [0.15, 0.2) is 30.3 Å². The average molecular weight is 238 g/mol. The summed E-state index contributed by atoms with van der Waals surface area (Å²) in [5.41, 5.74) is 2.37. The van der Waals surface area contributed by atoms with E-state index in [0.717, 1.165) is 21.8 Å². The van der Waals surface area contributed by atoms with Gasteiger partial charge in [0, 0.05) is 17.4 Å². The van der Waals surface area contributed by atoms with Gasteiger partial charge in [0.05, 0.1) is 11.2 Å². The number of ketones is 1. The first-order valence-corrected chi connectivity index (χ1v) is 6.48. The van der Waals surface area contributed by atoms with Crippen LogP contribution in [0.4, 0.5) is 0 Å². The number of carbonyl (C=O) groups excluding carboxylic acids is 1. The monoisotopic (exact) mass is 238 g/mol. The minimum Gasteiger partial charge on any atom is -0.349 e. The summed E-state index contributed by atoms with van der Waals surface area (Å²) < 4.78 is 0. The average Bonchev–Trinajstić information content (AvgIpc) is 2.36. The second-order valence-corrected chi connectivity index (χ2v) is 4.73. The van der Waals surface area contributed by atoms with Crippen molar-refractivity contribution in [2.75, 3.05) is 0 Å². The Kier molecular flexibility index (Phi) is 2.38. The van der Waals surface area contributed by atoms with E-state index in [1.54, 1.807) is 0 Å². The molecule has 3 rings (SSSR count). The lowest BCUT2D eigenvalue weighted by molar-refractivity contribution is 0.0995. The summed E-state index contributed by atoms with van der Waals surface area (Å²) in [4.78, 5) is 16.5. The van der Waals surface area contributed by atoms with Gasteiger partial charge in [-0.05, 0) is 17.3 Å². The fourth-order valence-electron chi connectivity index (χ4n) is 2.16. The van der Waals surface area contributed by atoms with Crippen LogP contribution in [0, 0.1) is 0 Å². The molecule has 1 aliphatic carbocycles. The van der Waals surface area contributed by atoms with Crippen LogP contribution < -0.4 is 10.6 Å². The lowest BCUT2D eigenvalue weighted by Gasteiger charge is -2.15. The zero-order valence-electron chi connectivity index (χ0n) is 9.10. The van der Waals surface area contributed by atoms with Crippen LogP contribution in [0.25, 0.3) is 17.0 Å². The number of allylic oxidation sites excluding steroid dienone is 1. The molecule has 2 N–H and O–H groups in total. The first-order chi connectivity index (χ1) is 8.31. The highest BCUT2D eigenvalue weighted by atomic mass is 28.2. The third-order valence-electron chi connectivity index (χ3n) is 2.92. The molecule has 1 aromatic heterocycles. The second kappa shape index (κ2) is 3.91. The number of aromatic nitrogens is 1. The number of para-hydroxylation sites is 1. The quantitative estimate of drug-likeness (QED) is 0.755. The minimum atomic E-state index is 0.114. The number of nitrogens with two attached hydrogens (primary N) is 1. The number of hydrogen-bond acceptors (Lipinski definition) is 3. The van der Waals surface area contributed by atoms with Crippen LogP contribution in [-0.4, -0.2) is 20.4 Å². The van der Waals surface area contributed by atoms with Crippen LogP contribution in [0.3, 0.4) is 0 Å². The Labute approximate surface area is 101 Å². The smallest absolute Gasteiger partial charge is 0.178 e. The van der Waals surface area contributed by atoms with Gasteiger partial charge in [-0.3, -0.25) is 4.79 Å². The molecular formula is C13H10N2OSi. The van der Waals surface area contributed by atoms with Gasteiger partial charge in [0.2, 0.25) is 0 Å². The van der Waals surface area contributed by atoms with Gasteiger partial charge in [0.1, 0.15) is 0 Å². The molecule has 3 nitrogen and oxygen atoms in total. The predicted octanol–water partition coefficient (Wildman–Crippen LogP) is 1.04. The summed E-state index contributed by atoms with van der Waals surface area (Å²) in [5, 5.41) is 7.77. The van der Waals surface area contributed by atoms with E-state index in [9.17, 15) is 4.79 Å². The van der Waals surface area contributed by atoms with Crippen molar-refractivity contribution in [1.29, 1.82) is 0 Å². The molecule has 0 fully saturated rings. The van der Waals surface area contributed by atoms with Gasteiger partial charge in [-0.1, -0.05) is 24.3 Å². The summed E-state index contributed by atoms with van der Waals surface area (Å²) in [5.74, 6) is 0.119. The van der Waals surface area contributed by atoms with Crippen molar-refractivity contribution in [1.82, 2.24) is 4.98 Å². The largest absolute Gasteiger partial charge is 0.349 e. The van der Waals surface area contributed by atoms with E-state index in [0.29, 0.717) is 12.0 Å². The van der Waals surface area contributed by atoms with Gasteiger partial charge >= 0.3 is 0 Å². The topological polar surface area (TPSA) is 56.0 Å². The van der Waals surface area contributed by atoms with Crippen molar-refractivity contribution >= 4 is 37.6 Å². The Balaban J connectivity index is 2.46. The molecule has 0 atom stereocenters. The fourth-order valence-corrected chi connectivity index (χ4v) is 2.94. The number of hydrogen-bond donors (Lipinski definition) is 1. The Bertz CT molecular complexity index is 649. The van der Waals surface area contributed by atoms with Gasteiger partial charge in [0.15, 0.2) is 15.5 Å². The Morgan fingerprint density at radius 3 is 2.94 bits per heavy atom. The highest BCUT2D eigenvalue weighted by Gasteiger charge is 2.20. The van der Waals surface area contributed by atoms with Gasteiger partial charge in [-0.15, -0.1) is 0 Å². The van der Waals surface area contributed by atoms with Crippen LogP contribution in [0.2, 0.25) is 0 Å². The van der Waals surface area contributed by atoms with E-state index in [-0.39, 0.29) is 15.5 Å². The fraction of sp³-hybridized carbons (Fsp3) is 0.0769. The van der Waals surface area contributed by atoms with E-state index in [1.165, 1.54) is 0 Å². The summed E-state index contributed by atoms with van der Waals surface area (Å²) in [6.07, 6.45) is 4.22. The summed E-state index contributed by atoms with van der Waals surface area (Å²) in [6, 6.07) is 7.82. The molecule has 0 unspecified atom stereocenters. The first kappa shape index (κ1) is 10.4. The van der Waals surface area contributed by atoms with E-state index < -0.39 is 0 Å². The van der Waals surface area contributed by atoms with Crippen LogP contribution >= 0.6 is 0 Å². The number of benzene rings is 1. The van der Waals surface area contributed by atoms with Gasteiger partial charge in [0.25, 0.3) is 0 Å². The molecule has 0 saturated heterocycles. The molecule has 0 spiro atoms. The number of pyridine rings is 1. The molecule has 1 aromatic carbocycles. The summed E-state index contributed by atoms with van der Waals surface area (Å²) in [6.45, 7) is 0. The number of carbonyl (C=O) groups is 1. The number of nitrogens with zero attached hydrogens (tertiary/aromatic N) is 1. The van der Waals surface area contributed by atoms with Crippen molar-refractivity contribution in [3.05, 3.63) is 41.6 Å². The van der Waals surface area contributed by atoms with Gasteiger partial charge in [-0.25, -0.2) is 4.98 Å². The Morgan fingerprint density at radius 1 is 1.29 bits per heavy atom. The van der Waals surface area contributed by atoms with Crippen molar-refractivity contribution in [3.8, 4) is 0 Å². The lowest BCUT2D eigenvalue weighted by Crippen LogP contribution is -2.32. The van der Waals surface area contributed by atoms with Crippen molar-refractivity contribution < 1.29 is 4.79 Å². The SMILES string of the molecule is N[Si]c1c2c(nc3ccccc13)C=CCC2=O. The summed E-state index contributed by atoms with van der Waals surface area (Å²) >= 11 is 0. The van der Waals surface area contributed by atoms with E-state index >= 15 is 0 Å². The Hall–Kier alpha value is -1.78. The molecule has 1 heterocycles. The van der Waals surface area contributed by atoms with Gasteiger partial charge < -0.3 is 5.40 Å². The normalized spacial score (nSPS) is 14.1. The van der Waals surface area contributed by atoms with Gasteiger partial charge in [-0.2, -0.15) is 0 Å². The van der Waals surface area contributed by atoms with Crippen molar-refractivity contribution in [2.24, 2.45) is 5.40 Å². The molecule has 82 valence electrons. The maximum Gasteiger partial charge on any atom is 0.178 e. The second-order valence-electron chi connectivity index (χ2n) is 3.94. The third-order valence-corrected chi connectivity index (χ3v) is 3.73. The van der Waals surface area contributed by atoms with E-state index in [4.69, 9.17) is 5.40 Å². The number of fused-ring (bicyclic) bond motifs is 2. The molecule has 0 aliphatic heterocycles. The summed E-state index contributed by atoms with van der Waals surface area (Å²) in [7, 11) is 0.114. The van der Waals surface area contributed by atoms with Crippen LogP contribution in [0.5, 0.6) is 0 Å². The third kappa shape index (κ3) is 1.53. The molecular weight excluding hydrogens is 228 g/mol. The lowest BCUT2D eigenvalue weighted by atomic mass is 9.98. The van der Waals surface area contributed by atoms with E-state index in [2.05, 4.69) is 4.98 Å². The number of rotatable bonds is 1.